The van der Waals surface area contributed by atoms with Gasteiger partial charge in [-0.1, -0.05) is 12.1 Å². The van der Waals surface area contributed by atoms with Crippen molar-refractivity contribution in [3.63, 3.8) is 0 Å². The SMILES string of the molecule is CCn1cc(C#N)c(=O)n(Cc2cc(=O)oc3cc(C)ccc23)c1=O. The van der Waals surface area contributed by atoms with Crippen LogP contribution in [0.4, 0.5) is 0 Å². The lowest BCUT2D eigenvalue weighted by atomic mass is 10.1. The molecule has 0 bridgehead atoms. The molecule has 0 radical (unpaired) electrons. The zero-order valence-corrected chi connectivity index (χ0v) is 13.8. The van der Waals surface area contributed by atoms with Crippen LogP contribution in [-0.4, -0.2) is 9.13 Å². The molecule has 0 spiro atoms. The molecule has 7 nitrogen and oxygen atoms in total. The Morgan fingerprint density at radius 2 is 1.96 bits per heavy atom. The fraction of sp³-hybridized carbons (Fsp3) is 0.222. The summed E-state index contributed by atoms with van der Waals surface area (Å²) in [4.78, 5) is 36.7. The number of nitriles is 1. The summed E-state index contributed by atoms with van der Waals surface area (Å²) in [5, 5.41) is 9.76. The molecule has 126 valence electrons. The third-order valence-electron chi connectivity index (χ3n) is 4.01. The smallest absolute Gasteiger partial charge is 0.336 e. The second kappa shape index (κ2) is 6.24. The number of rotatable bonds is 3. The molecule has 25 heavy (non-hydrogen) atoms. The van der Waals surface area contributed by atoms with Crippen molar-refractivity contribution in [1.29, 1.82) is 5.26 Å². The standard InChI is InChI=1S/C18H15N3O4/c1-3-20-9-13(8-19)17(23)21(18(20)24)10-12-7-16(22)25-15-6-11(2)4-5-14(12)15/h4-7,9H,3,10H2,1-2H3. The van der Waals surface area contributed by atoms with Gasteiger partial charge in [0.1, 0.15) is 17.2 Å². The molecular formula is C18H15N3O4. The fourth-order valence-corrected chi connectivity index (χ4v) is 2.73. The van der Waals surface area contributed by atoms with Crippen molar-refractivity contribution >= 4 is 11.0 Å². The molecule has 0 aliphatic heterocycles. The van der Waals surface area contributed by atoms with Crippen molar-refractivity contribution in [2.24, 2.45) is 0 Å². The maximum Gasteiger partial charge on any atom is 0.336 e. The summed E-state index contributed by atoms with van der Waals surface area (Å²) in [5.74, 6) is 0. The van der Waals surface area contributed by atoms with E-state index in [0.717, 1.165) is 10.1 Å². The quantitative estimate of drug-likeness (QED) is 0.672. The zero-order valence-electron chi connectivity index (χ0n) is 13.8. The van der Waals surface area contributed by atoms with Crippen molar-refractivity contribution in [1.82, 2.24) is 9.13 Å². The molecule has 0 aliphatic rings. The Morgan fingerprint density at radius 1 is 1.20 bits per heavy atom. The number of aryl methyl sites for hydroxylation is 2. The third kappa shape index (κ3) is 2.90. The van der Waals surface area contributed by atoms with Crippen molar-refractivity contribution < 1.29 is 4.42 Å². The Labute approximate surface area is 142 Å². The number of hydrogen-bond donors (Lipinski definition) is 0. The molecule has 0 atom stereocenters. The molecule has 2 heterocycles. The van der Waals surface area contributed by atoms with Crippen LogP contribution in [0.3, 0.4) is 0 Å². The third-order valence-corrected chi connectivity index (χ3v) is 4.01. The zero-order chi connectivity index (χ0) is 18.1. The summed E-state index contributed by atoms with van der Waals surface area (Å²) < 4.78 is 7.45. The van der Waals surface area contributed by atoms with E-state index in [1.54, 1.807) is 25.1 Å². The van der Waals surface area contributed by atoms with Gasteiger partial charge in [0.05, 0.1) is 6.54 Å². The minimum Gasteiger partial charge on any atom is -0.423 e. The molecule has 0 N–H and O–H groups in total. The highest BCUT2D eigenvalue weighted by atomic mass is 16.4. The summed E-state index contributed by atoms with van der Waals surface area (Å²) in [7, 11) is 0. The van der Waals surface area contributed by atoms with E-state index in [4.69, 9.17) is 9.68 Å². The first-order chi connectivity index (χ1) is 11.9. The number of benzene rings is 1. The van der Waals surface area contributed by atoms with Crippen LogP contribution >= 0.6 is 0 Å². The monoisotopic (exact) mass is 337 g/mol. The Hall–Kier alpha value is -3.40. The van der Waals surface area contributed by atoms with Crippen molar-refractivity contribution in [2.75, 3.05) is 0 Å². The average Bonchev–Trinajstić information content (AvgIpc) is 2.58. The number of fused-ring (bicyclic) bond motifs is 1. The lowest BCUT2D eigenvalue weighted by Gasteiger charge is -2.11. The van der Waals surface area contributed by atoms with E-state index >= 15 is 0 Å². The van der Waals surface area contributed by atoms with E-state index in [2.05, 4.69) is 0 Å². The predicted molar refractivity (Wildman–Crippen MR) is 91.7 cm³/mol. The molecule has 2 aromatic heterocycles. The van der Waals surface area contributed by atoms with E-state index in [1.807, 2.05) is 13.0 Å². The van der Waals surface area contributed by atoms with Gasteiger partial charge in [-0.05, 0) is 31.0 Å². The van der Waals surface area contributed by atoms with E-state index in [1.165, 1.54) is 16.8 Å². The van der Waals surface area contributed by atoms with Crippen LogP contribution < -0.4 is 16.9 Å². The van der Waals surface area contributed by atoms with Crippen molar-refractivity contribution in [3.8, 4) is 6.07 Å². The predicted octanol–water partition coefficient (Wildman–Crippen LogP) is 1.36. The Balaban J connectivity index is 2.27. The van der Waals surface area contributed by atoms with E-state index in [0.29, 0.717) is 23.1 Å². The topological polar surface area (TPSA) is 98.0 Å². The number of hydrogen-bond acceptors (Lipinski definition) is 5. The average molecular weight is 337 g/mol. The first-order valence-electron chi connectivity index (χ1n) is 7.72. The van der Waals surface area contributed by atoms with E-state index < -0.39 is 16.9 Å². The molecule has 0 fully saturated rings. The first-order valence-corrected chi connectivity index (χ1v) is 7.72. The normalized spacial score (nSPS) is 10.8. The van der Waals surface area contributed by atoms with Crippen LogP contribution in [0.25, 0.3) is 11.0 Å². The Bertz CT molecular complexity index is 1190. The minimum absolute atomic E-state index is 0.113. The minimum atomic E-state index is -0.675. The summed E-state index contributed by atoms with van der Waals surface area (Å²) >= 11 is 0. The highest BCUT2D eigenvalue weighted by Gasteiger charge is 2.13. The Kier molecular flexibility index (Phi) is 4.11. The molecule has 3 rings (SSSR count). The number of aromatic nitrogens is 2. The van der Waals surface area contributed by atoms with Gasteiger partial charge in [0.15, 0.2) is 0 Å². The lowest BCUT2D eigenvalue weighted by molar-refractivity contribution is 0.553. The van der Waals surface area contributed by atoms with Gasteiger partial charge in [-0.25, -0.2) is 9.59 Å². The van der Waals surface area contributed by atoms with Gasteiger partial charge in [0.2, 0.25) is 0 Å². The molecule has 0 amide bonds. The summed E-state index contributed by atoms with van der Waals surface area (Å²) in [6, 6.07) is 8.42. The summed E-state index contributed by atoms with van der Waals surface area (Å²) in [6.45, 7) is 3.82. The van der Waals surface area contributed by atoms with Crippen LogP contribution in [0.2, 0.25) is 0 Å². The van der Waals surface area contributed by atoms with Gasteiger partial charge in [0.25, 0.3) is 5.56 Å². The first kappa shape index (κ1) is 16.5. The highest BCUT2D eigenvalue weighted by Crippen LogP contribution is 2.18. The van der Waals surface area contributed by atoms with Gasteiger partial charge in [0, 0.05) is 24.2 Å². The molecule has 0 saturated heterocycles. The number of nitrogens with zero attached hydrogens (tertiary/aromatic N) is 3. The highest BCUT2D eigenvalue weighted by molar-refractivity contribution is 5.80. The van der Waals surface area contributed by atoms with Crippen LogP contribution in [0.5, 0.6) is 0 Å². The van der Waals surface area contributed by atoms with Crippen LogP contribution in [0, 0.1) is 18.3 Å². The summed E-state index contributed by atoms with van der Waals surface area (Å²) in [6.07, 6.45) is 1.25. The maximum atomic E-state index is 12.5. The molecule has 0 unspecified atom stereocenters. The van der Waals surface area contributed by atoms with Crippen molar-refractivity contribution in [3.05, 3.63) is 78.4 Å². The van der Waals surface area contributed by atoms with Crippen LogP contribution in [0.1, 0.15) is 23.6 Å². The molecule has 3 aromatic rings. The second-order valence-corrected chi connectivity index (χ2v) is 5.70. The molecule has 1 aromatic carbocycles. The van der Waals surface area contributed by atoms with Crippen molar-refractivity contribution in [2.45, 2.75) is 26.9 Å². The summed E-state index contributed by atoms with van der Waals surface area (Å²) in [5.41, 5.74) is -0.0838. The largest absolute Gasteiger partial charge is 0.423 e. The second-order valence-electron chi connectivity index (χ2n) is 5.70. The Morgan fingerprint density at radius 3 is 2.64 bits per heavy atom. The van der Waals surface area contributed by atoms with E-state index in [-0.39, 0.29) is 12.1 Å². The van der Waals surface area contributed by atoms with Gasteiger partial charge < -0.3 is 4.42 Å². The van der Waals surface area contributed by atoms with Crippen LogP contribution in [-0.2, 0) is 13.1 Å². The van der Waals surface area contributed by atoms with E-state index in [9.17, 15) is 14.4 Å². The molecule has 7 heteroatoms. The molecule has 0 aliphatic carbocycles. The van der Waals surface area contributed by atoms with Crippen LogP contribution in [0.15, 0.2) is 49.3 Å². The molecular weight excluding hydrogens is 322 g/mol. The van der Waals surface area contributed by atoms with Gasteiger partial charge >= 0.3 is 11.3 Å². The van der Waals surface area contributed by atoms with Gasteiger partial charge in [-0.3, -0.25) is 13.9 Å². The lowest BCUT2D eigenvalue weighted by Crippen LogP contribution is -2.41. The molecule has 0 saturated carbocycles. The maximum absolute atomic E-state index is 12.5. The van der Waals surface area contributed by atoms with Gasteiger partial charge in [-0.15, -0.1) is 0 Å². The fourth-order valence-electron chi connectivity index (χ4n) is 2.73. The van der Waals surface area contributed by atoms with Gasteiger partial charge in [-0.2, -0.15) is 5.26 Å².